The van der Waals surface area contributed by atoms with Gasteiger partial charge >= 0.3 is 0 Å². The molecule has 0 amide bonds. The second kappa shape index (κ2) is 6.69. The summed E-state index contributed by atoms with van der Waals surface area (Å²) in [7, 11) is 0. The molecule has 0 spiro atoms. The Kier molecular flexibility index (Phi) is 5.22. The smallest absolute Gasteiger partial charge is 0.222 e. The monoisotopic (exact) mass is 356 g/mol. The van der Waals surface area contributed by atoms with Crippen molar-refractivity contribution in [3.63, 3.8) is 0 Å². The van der Waals surface area contributed by atoms with Crippen molar-refractivity contribution in [2.45, 2.75) is 51.4 Å². The fourth-order valence-electron chi connectivity index (χ4n) is 3.08. The first-order chi connectivity index (χ1) is 8.70. The highest BCUT2D eigenvalue weighted by molar-refractivity contribution is 14.1. The van der Waals surface area contributed by atoms with Crippen molar-refractivity contribution < 1.29 is 4.79 Å². The molecule has 1 nitrogen and oxygen atoms in total. The van der Waals surface area contributed by atoms with Gasteiger partial charge in [0.25, 0.3) is 0 Å². The van der Waals surface area contributed by atoms with E-state index in [-0.39, 0.29) is 3.79 Å². The SMILES string of the molecule is CCCC1CCC(c2ccc(C(=O)I)cc2)CC1. The van der Waals surface area contributed by atoms with E-state index >= 15 is 0 Å². The largest absolute Gasteiger partial charge is 0.282 e. The average molecular weight is 356 g/mol. The Morgan fingerprint density at radius 2 is 1.78 bits per heavy atom. The highest BCUT2D eigenvalue weighted by Gasteiger charge is 2.21. The van der Waals surface area contributed by atoms with Crippen LogP contribution in [0.2, 0.25) is 0 Å². The van der Waals surface area contributed by atoms with E-state index in [4.69, 9.17) is 0 Å². The van der Waals surface area contributed by atoms with E-state index < -0.39 is 0 Å². The number of carbonyl (C=O) groups excluding carboxylic acids is 1. The van der Waals surface area contributed by atoms with Gasteiger partial charge in [-0.25, -0.2) is 0 Å². The van der Waals surface area contributed by atoms with Gasteiger partial charge < -0.3 is 0 Å². The quantitative estimate of drug-likeness (QED) is 0.526. The van der Waals surface area contributed by atoms with E-state index in [9.17, 15) is 4.79 Å². The van der Waals surface area contributed by atoms with Gasteiger partial charge in [-0.15, -0.1) is 0 Å². The highest BCUT2D eigenvalue weighted by atomic mass is 127. The zero-order chi connectivity index (χ0) is 13.0. The molecule has 1 fully saturated rings. The van der Waals surface area contributed by atoms with E-state index in [0.29, 0.717) is 0 Å². The van der Waals surface area contributed by atoms with E-state index in [1.807, 2.05) is 34.7 Å². The van der Waals surface area contributed by atoms with Gasteiger partial charge in [-0.1, -0.05) is 44.0 Å². The second-order valence-electron chi connectivity index (χ2n) is 5.40. The number of hydrogen-bond acceptors (Lipinski definition) is 1. The number of hydrogen-bond donors (Lipinski definition) is 0. The van der Waals surface area contributed by atoms with Gasteiger partial charge in [0.1, 0.15) is 0 Å². The normalized spacial score (nSPS) is 23.9. The van der Waals surface area contributed by atoms with Crippen molar-refractivity contribution in [1.29, 1.82) is 0 Å². The molecule has 0 radical (unpaired) electrons. The second-order valence-corrected chi connectivity index (χ2v) is 6.38. The third-order valence-corrected chi connectivity index (χ3v) is 4.78. The summed E-state index contributed by atoms with van der Waals surface area (Å²) in [4.78, 5) is 11.2. The number of benzene rings is 1. The summed E-state index contributed by atoms with van der Waals surface area (Å²) in [5.41, 5.74) is 2.24. The first-order valence-corrected chi connectivity index (χ1v) is 8.08. The van der Waals surface area contributed by atoms with Crippen LogP contribution >= 0.6 is 22.6 Å². The van der Waals surface area contributed by atoms with Crippen LogP contribution in [0.5, 0.6) is 0 Å². The minimum absolute atomic E-state index is 0.130. The summed E-state index contributed by atoms with van der Waals surface area (Å²) >= 11 is 1.85. The molecule has 0 atom stereocenters. The summed E-state index contributed by atoms with van der Waals surface area (Å²) in [6, 6.07) is 8.25. The van der Waals surface area contributed by atoms with Crippen LogP contribution in [-0.2, 0) is 0 Å². The topological polar surface area (TPSA) is 17.1 Å². The van der Waals surface area contributed by atoms with Crippen LogP contribution < -0.4 is 0 Å². The molecule has 1 aromatic carbocycles. The van der Waals surface area contributed by atoms with Crippen LogP contribution in [0.4, 0.5) is 0 Å². The molecule has 1 aromatic rings. The molecule has 0 bridgehead atoms. The van der Waals surface area contributed by atoms with E-state index in [1.54, 1.807) is 0 Å². The van der Waals surface area contributed by atoms with E-state index in [1.165, 1.54) is 44.1 Å². The fourth-order valence-corrected chi connectivity index (χ4v) is 3.44. The molecule has 0 unspecified atom stereocenters. The molecule has 0 aromatic heterocycles. The predicted molar refractivity (Wildman–Crippen MR) is 84.4 cm³/mol. The van der Waals surface area contributed by atoms with Gasteiger partial charge in [0.2, 0.25) is 3.79 Å². The molecule has 1 aliphatic carbocycles. The molecule has 0 heterocycles. The molecule has 1 saturated carbocycles. The highest BCUT2D eigenvalue weighted by Crippen LogP contribution is 2.37. The lowest BCUT2D eigenvalue weighted by Crippen LogP contribution is -2.13. The summed E-state index contributed by atoms with van der Waals surface area (Å²) in [6.45, 7) is 2.28. The minimum Gasteiger partial charge on any atom is -0.282 e. The molecule has 0 saturated heterocycles. The molecule has 18 heavy (non-hydrogen) atoms. The lowest BCUT2D eigenvalue weighted by Gasteiger charge is -2.28. The maximum absolute atomic E-state index is 11.2. The van der Waals surface area contributed by atoms with E-state index in [2.05, 4.69) is 19.1 Å². The molecule has 0 N–H and O–H groups in total. The maximum Gasteiger partial charge on any atom is 0.222 e. The van der Waals surface area contributed by atoms with Crippen molar-refractivity contribution in [2.75, 3.05) is 0 Å². The third kappa shape index (κ3) is 3.56. The minimum atomic E-state index is 0.130. The van der Waals surface area contributed by atoms with Crippen molar-refractivity contribution in [3.8, 4) is 0 Å². The molecule has 0 aliphatic heterocycles. The maximum atomic E-state index is 11.2. The first kappa shape index (κ1) is 14.0. The van der Waals surface area contributed by atoms with Crippen molar-refractivity contribution in [2.24, 2.45) is 5.92 Å². The number of carbonyl (C=O) groups is 1. The van der Waals surface area contributed by atoms with Gasteiger partial charge in [0, 0.05) is 28.2 Å². The lowest BCUT2D eigenvalue weighted by molar-refractivity contribution is 0.110. The van der Waals surface area contributed by atoms with Gasteiger partial charge in [-0.3, -0.25) is 4.79 Å². The Labute approximate surface area is 123 Å². The number of halogens is 1. The number of rotatable bonds is 4. The fraction of sp³-hybridized carbons (Fsp3) is 0.562. The van der Waals surface area contributed by atoms with Gasteiger partial charge in [0.05, 0.1) is 0 Å². The molecule has 98 valence electrons. The zero-order valence-corrected chi connectivity index (χ0v) is 13.2. The summed E-state index contributed by atoms with van der Waals surface area (Å²) < 4.78 is 0.130. The van der Waals surface area contributed by atoms with Gasteiger partial charge in [-0.2, -0.15) is 0 Å². The summed E-state index contributed by atoms with van der Waals surface area (Å²) in [5, 5.41) is 0. The predicted octanol–water partition coefficient (Wildman–Crippen LogP) is 5.34. The first-order valence-electron chi connectivity index (χ1n) is 7.00. The van der Waals surface area contributed by atoms with Crippen LogP contribution in [0.3, 0.4) is 0 Å². The molecular weight excluding hydrogens is 335 g/mol. The Balaban J connectivity index is 1.95. The van der Waals surface area contributed by atoms with Crippen LogP contribution in [0.25, 0.3) is 0 Å². The van der Waals surface area contributed by atoms with E-state index in [0.717, 1.165) is 17.4 Å². The standard InChI is InChI=1S/C16H21IO/c1-2-3-12-4-6-13(7-5-12)14-8-10-15(11-9-14)16(17)18/h8-13H,2-7H2,1H3. The van der Waals surface area contributed by atoms with Crippen LogP contribution in [-0.4, -0.2) is 3.79 Å². The third-order valence-electron chi connectivity index (χ3n) is 4.15. The lowest BCUT2D eigenvalue weighted by atomic mass is 9.77. The average Bonchev–Trinajstić information content (AvgIpc) is 2.40. The van der Waals surface area contributed by atoms with Crippen molar-refractivity contribution >= 4 is 26.4 Å². The molecule has 1 aliphatic rings. The van der Waals surface area contributed by atoms with Crippen molar-refractivity contribution in [1.82, 2.24) is 0 Å². The van der Waals surface area contributed by atoms with Gasteiger partial charge in [0.15, 0.2) is 0 Å². The Morgan fingerprint density at radius 3 is 2.28 bits per heavy atom. The van der Waals surface area contributed by atoms with Crippen LogP contribution in [0.15, 0.2) is 24.3 Å². The summed E-state index contributed by atoms with van der Waals surface area (Å²) in [6.07, 6.45) is 8.12. The Bertz CT molecular complexity index is 388. The zero-order valence-electron chi connectivity index (χ0n) is 11.0. The van der Waals surface area contributed by atoms with Crippen LogP contribution in [0.1, 0.15) is 67.3 Å². The van der Waals surface area contributed by atoms with Crippen LogP contribution in [0, 0.1) is 5.92 Å². The Morgan fingerprint density at radius 1 is 1.17 bits per heavy atom. The molecular formula is C16H21IO. The summed E-state index contributed by atoms with van der Waals surface area (Å²) in [5.74, 6) is 1.68. The Hall–Kier alpha value is -0.380. The molecule has 2 heteroatoms. The molecule has 2 rings (SSSR count). The van der Waals surface area contributed by atoms with Crippen molar-refractivity contribution in [3.05, 3.63) is 35.4 Å². The van der Waals surface area contributed by atoms with Gasteiger partial charge in [-0.05, 0) is 43.1 Å².